The van der Waals surface area contributed by atoms with E-state index in [9.17, 15) is 4.79 Å². The Morgan fingerprint density at radius 2 is 1.97 bits per heavy atom. The van der Waals surface area contributed by atoms with E-state index in [2.05, 4.69) is 15.5 Å². The van der Waals surface area contributed by atoms with E-state index < -0.39 is 0 Å². The topological polar surface area (TPSA) is 104 Å². The largest absolute Gasteiger partial charge is 0.461 e. The number of aromatic nitrogens is 4. The number of hydrogen-bond donors (Lipinski definition) is 1. The Morgan fingerprint density at radius 3 is 2.88 bits per heavy atom. The highest BCUT2D eigenvalue weighted by atomic mass is 32.2. The van der Waals surface area contributed by atoms with E-state index >= 15 is 0 Å². The monoisotopic (exact) mass is 445 g/mol. The average molecular weight is 445 g/mol. The fourth-order valence-electron chi connectivity index (χ4n) is 3.53. The van der Waals surface area contributed by atoms with Crippen molar-refractivity contribution in [3.8, 4) is 23.1 Å². The van der Waals surface area contributed by atoms with Crippen LogP contribution in [0.25, 0.3) is 28.1 Å². The van der Waals surface area contributed by atoms with E-state index in [-0.39, 0.29) is 18.5 Å². The van der Waals surface area contributed by atoms with Crippen LogP contribution in [0.3, 0.4) is 0 Å². The lowest BCUT2D eigenvalue weighted by molar-refractivity contribution is -0.113. The molecule has 10 heteroatoms. The van der Waals surface area contributed by atoms with Gasteiger partial charge in [0.05, 0.1) is 17.5 Å². The number of anilines is 1. The number of nitrogens with one attached hydrogen (secondary N) is 1. The Morgan fingerprint density at radius 1 is 1.06 bits per heavy atom. The molecule has 6 rings (SSSR count). The SMILES string of the molecule is O=C(CSc1nnc2c3ccccc3nc(-c3ccco3)n12)Nc1ccc2c(c1)OCO2. The molecule has 5 aromatic rings. The van der Waals surface area contributed by atoms with E-state index in [0.717, 1.165) is 10.9 Å². The zero-order valence-electron chi connectivity index (χ0n) is 16.5. The van der Waals surface area contributed by atoms with Crippen LogP contribution in [-0.4, -0.2) is 38.0 Å². The molecule has 0 aliphatic carbocycles. The third-order valence-electron chi connectivity index (χ3n) is 4.95. The first-order valence-electron chi connectivity index (χ1n) is 9.76. The van der Waals surface area contributed by atoms with Crippen molar-refractivity contribution in [3.63, 3.8) is 0 Å². The third kappa shape index (κ3) is 3.21. The van der Waals surface area contributed by atoms with Gasteiger partial charge in [0, 0.05) is 17.1 Å². The van der Waals surface area contributed by atoms with Crippen LogP contribution in [0, 0.1) is 0 Å². The fraction of sp³-hybridized carbons (Fsp3) is 0.0909. The summed E-state index contributed by atoms with van der Waals surface area (Å²) in [4.78, 5) is 17.3. The summed E-state index contributed by atoms with van der Waals surface area (Å²) in [6, 6.07) is 16.6. The van der Waals surface area contributed by atoms with Crippen molar-refractivity contribution >= 4 is 39.9 Å². The number of fused-ring (bicyclic) bond motifs is 4. The van der Waals surface area contributed by atoms with Crippen molar-refractivity contribution in [2.75, 3.05) is 17.9 Å². The van der Waals surface area contributed by atoms with Gasteiger partial charge in [0.25, 0.3) is 0 Å². The molecule has 0 saturated carbocycles. The molecule has 0 radical (unpaired) electrons. The molecule has 1 aliphatic rings. The first-order chi connectivity index (χ1) is 15.8. The molecule has 0 fully saturated rings. The molecule has 0 atom stereocenters. The van der Waals surface area contributed by atoms with Gasteiger partial charge in [-0.25, -0.2) is 4.98 Å². The van der Waals surface area contributed by atoms with Gasteiger partial charge >= 0.3 is 0 Å². The summed E-state index contributed by atoms with van der Waals surface area (Å²) in [5.74, 6) is 2.40. The van der Waals surface area contributed by atoms with Gasteiger partial charge in [-0.15, -0.1) is 10.2 Å². The Balaban J connectivity index is 1.30. The zero-order chi connectivity index (χ0) is 21.5. The van der Waals surface area contributed by atoms with Gasteiger partial charge in [-0.3, -0.25) is 9.20 Å². The quantitative estimate of drug-likeness (QED) is 0.405. The molecular formula is C22H15N5O4S. The van der Waals surface area contributed by atoms with Gasteiger partial charge in [0.1, 0.15) is 0 Å². The number of thioether (sulfide) groups is 1. The van der Waals surface area contributed by atoms with Crippen LogP contribution in [-0.2, 0) is 4.79 Å². The second kappa shape index (κ2) is 7.57. The fourth-order valence-corrected chi connectivity index (χ4v) is 4.26. The molecule has 0 bridgehead atoms. The summed E-state index contributed by atoms with van der Waals surface area (Å²) >= 11 is 1.27. The van der Waals surface area contributed by atoms with Crippen LogP contribution in [0.4, 0.5) is 5.69 Å². The molecule has 0 unspecified atom stereocenters. The summed E-state index contributed by atoms with van der Waals surface area (Å²) in [6.07, 6.45) is 1.59. The number of carbonyl (C=O) groups excluding carboxylic acids is 1. The maximum Gasteiger partial charge on any atom is 0.234 e. The summed E-state index contributed by atoms with van der Waals surface area (Å²) in [6.45, 7) is 0.184. The summed E-state index contributed by atoms with van der Waals surface area (Å²) in [7, 11) is 0. The number of para-hydroxylation sites is 1. The predicted molar refractivity (Wildman–Crippen MR) is 118 cm³/mol. The first kappa shape index (κ1) is 18.7. The smallest absolute Gasteiger partial charge is 0.234 e. The van der Waals surface area contributed by atoms with Crippen LogP contribution in [0.2, 0.25) is 0 Å². The second-order valence-corrected chi connectivity index (χ2v) is 7.92. The highest BCUT2D eigenvalue weighted by molar-refractivity contribution is 7.99. The number of hydrogen-bond acceptors (Lipinski definition) is 8. The third-order valence-corrected chi connectivity index (χ3v) is 5.88. The highest BCUT2D eigenvalue weighted by Crippen LogP contribution is 2.34. The van der Waals surface area contributed by atoms with Crippen LogP contribution in [0.5, 0.6) is 11.5 Å². The molecule has 9 nitrogen and oxygen atoms in total. The average Bonchev–Trinajstić information content (AvgIpc) is 3.58. The minimum Gasteiger partial charge on any atom is -0.461 e. The van der Waals surface area contributed by atoms with E-state index in [0.29, 0.717) is 39.6 Å². The summed E-state index contributed by atoms with van der Waals surface area (Å²) in [5.41, 5.74) is 2.08. The molecule has 0 spiro atoms. The Kier molecular flexibility index (Phi) is 4.43. The van der Waals surface area contributed by atoms with E-state index in [1.807, 2.05) is 34.7 Å². The molecule has 3 aromatic heterocycles. The number of amides is 1. The summed E-state index contributed by atoms with van der Waals surface area (Å²) < 4.78 is 18.1. The van der Waals surface area contributed by atoms with Gasteiger partial charge in [-0.05, 0) is 36.4 Å². The highest BCUT2D eigenvalue weighted by Gasteiger charge is 2.19. The van der Waals surface area contributed by atoms with Crippen LogP contribution >= 0.6 is 11.8 Å². The van der Waals surface area contributed by atoms with Crippen molar-refractivity contribution in [2.24, 2.45) is 0 Å². The van der Waals surface area contributed by atoms with E-state index in [1.165, 1.54) is 11.8 Å². The Bertz CT molecular complexity index is 1460. The number of furan rings is 1. The molecule has 1 amide bonds. The minimum absolute atomic E-state index is 0.139. The lowest BCUT2D eigenvalue weighted by Crippen LogP contribution is -2.14. The van der Waals surface area contributed by atoms with Gasteiger partial charge < -0.3 is 19.2 Å². The molecular weight excluding hydrogens is 430 g/mol. The number of ether oxygens (including phenoxy) is 2. The zero-order valence-corrected chi connectivity index (χ0v) is 17.3. The van der Waals surface area contributed by atoms with Crippen LogP contribution < -0.4 is 14.8 Å². The lowest BCUT2D eigenvalue weighted by Gasteiger charge is -2.08. The maximum atomic E-state index is 12.6. The van der Waals surface area contributed by atoms with E-state index in [1.54, 1.807) is 30.5 Å². The molecule has 4 heterocycles. The van der Waals surface area contributed by atoms with Crippen LogP contribution in [0.15, 0.2) is 70.4 Å². The van der Waals surface area contributed by atoms with Gasteiger partial charge in [-0.1, -0.05) is 23.9 Å². The molecule has 158 valence electrons. The summed E-state index contributed by atoms with van der Waals surface area (Å²) in [5, 5.41) is 13.0. The number of carbonyl (C=O) groups is 1. The van der Waals surface area contributed by atoms with Crippen molar-refractivity contribution in [1.82, 2.24) is 19.6 Å². The van der Waals surface area contributed by atoms with Crippen molar-refractivity contribution < 1.29 is 18.7 Å². The molecule has 1 N–H and O–H groups in total. The Hall–Kier alpha value is -4.05. The van der Waals surface area contributed by atoms with Crippen molar-refractivity contribution in [3.05, 3.63) is 60.9 Å². The Labute approximate surface area is 185 Å². The van der Waals surface area contributed by atoms with Crippen molar-refractivity contribution in [2.45, 2.75) is 5.16 Å². The predicted octanol–water partition coefficient (Wildman–Crippen LogP) is 4.00. The van der Waals surface area contributed by atoms with Crippen molar-refractivity contribution in [1.29, 1.82) is 0 Å². The van der Waals surface area contributed by atoms with Gasteiger partial charge in [0.2, 0.25) is 12.7 Å². The standard InChI is InChI=1S/C22H15N5O4S/c28-19(23-13-7-8-16-18(10-13)31-12-30-16)11-32-22-26-25-20-14-4-1-2-5-15(14)24-21(27(20)22)17-6-3-9-29-17/h1-10H,11-12H2,(H,23,28). The van der Waals surface area contributed by atoms with E-state index in [4.69, 9.17) is 18.9 Å². The number of benzene rings is 2. The maximum absolute atomic E-state index is 12.6. The van der Waals surface area contributed by atoms with Gasteiger partial charge in [0.15, 0.2) is 33.9 Å². The molecule has 2 aromatic carbocycles. The van der Waals surface area contributed by atoms with Crippen LogP contribution in [0.1, 0.15) is 0 Å². The molecule has 1 aliphatic heterocycles. The molecule has 32 heavy (non-hydrogen) atoms. The first-order valence-corrected chi connectivity index (χ1v) is 10.7. The molecule has 0 saturated heterocycles. The number of rotatable bonds is 5. The van der Waals surface area contributed by atoms with Gasteiger partial charge in [-0.2, -0.15) is 0 Å². The second-order valence-electron chi connectivity index (χ2n) is 6.98. The minimum atomic E-state index is -0.182. The lowest BCUT2D eigenvalue weighted by atomic mass is 10.2. The normalized spacial score (nSPS) is 12.5. The number of nitrogens with zero attached hydrogens (tertiary/aromatic N) is 4.